The van der Waals surface area contributed by atoms with Crippen LogP contribution in [0.5, 0.6) is 0 Å². The van der Waals surface area contributed by atoms with E-state index in [2.05, 4.69) is 15.4 Å². The van der Waals surface area contributed by atoms with Crippen molar-refractivity contribution in [3.8, 4) is 0 Å². The predicted molar refractivity (Wildman–Crippen MR) is 87.7 cm³/mol. The predicted octanol–water partition coefficient (Wildman–Crippen LogP) is 0.689. The summed E-state index contributed by atoms with van der Waals surface area (Å²) in [5.74, 6) is -0.201. The van der Waals surface area contributed by atoms with Gasteiger partial charge in [0.1, 0.15) is 6.04 Å². The van der Waals surface area contributed by atoms with Crippen molar-refractivity contribution in [2.75, 3.05) is 18.5 Å². The highest BCUT2D eigenvalue weighted by Gasteiger charge is 2.28. The standard InChI is InChI=1S/C15H23N3O4S/c1-10(2)18-23(20,21)13-6-4-12(5-7-13)17-15(19)14-11(3)22-9-8-16-14/h4-7,10-11,14,16,18H,8-9H2,1-3H3,(H,17,19)/t11-,14+/m1/s1. The summed E-state index contributed by atoms with van der Waals surface area (Å²) < 4.78 is 32.0. The number of sulfonamides is 1. The maximum absolute atomic E-state index is 12.2. The van der Waals surface area contributed by atoms with Crippen molar-refractivity contribution in [1.29, 1.82) is 0 Å². The van der Waals surface area contributed by atoms with E-state index in [1.165, 1.54) is 12.1 Å². The summed E-state index contributed by atoms with van der Waals surface area (Å²) in [4.78, 5) is 12.4. The molecule has 1 aliphatic rings. The summed E-state index contributed by atoms with van der Waals surface area (Å²) in [7, 11) is -3.53. The second-order valence-corrected chi connectivity index (χ2v) is 7.51. The first-order valence-electron chi connectivity index (χ1n) is 7.58. The van der Waals surface area contributed by atoms with Gasteiger partial charge in [0.15, 0.2) is 0 Å². The van der Waals surface area contributed by atoms with Crippen LogP contribution in [-0.2, 0) is 19.6 Å². The summed E-state index contributed by atoms with van der Waals surface area (Å²) in [5.41, 5.74) is 0.540. The van der Waals surface area contributed by atoms with E-state index in [0.717, 1.165) is 0 Å². The molecule has 0 unspecified atom stereocenters. The molecule has 1 fully saturated rings. The van der Waals surface area contributed by atoms with Gasteiger partial charge in [-0.3, -0.25) is 4.79 Å². The van der Waals surface area contributed by atoms with Crippen molar-refractivity contribution in [3.63, 3.8) is 0 Å². The van der Waals surface area contributed by atoms with Gasteiger partial charge in [0, 0.05) is 18.3 Å². The lowest BCUT2D eigenvalue weighted by Gasteiger charge is -2.29. The molecular weight excluding hydrogens is 318 g/mol. The number of amides is 1. The van der Waals surface area contributed by atoms with Crippen molar-refractivity contribution in [2.24, 2.45) is 0 Å². The first-order chi connectivity index (χ1) is 10.8. The number of anilines is 1. The highest BCUT2D eigenvalue weighted by Crippen LogP contribution is 2.15. The normalized spacial score (nSPS) is 22.1. The number of carbonyl (C=O) groups excluding carboxylic acids is 1. The molecule has 0 bridgehead atoms. The van der Waals surface area contributed by atoms with Crippen LogP contribution in [0.2, 0.25) is 0 Å². The molecule has 23 heavy (non-hydrogen) atoms. The lowest BCUT2D eigenvalue weighted by Crippen LogP contribution is -2.53. The molecule has 128 valence electrons. The highest BCUT2D eigenvalue weighted by atomic mass is 32.2. The molecule has 0 spiro atoms. The number of carbonyl (C=O) groups is 1. The van der Waals surface area contributed by atoms with Gasteiger partial charge in [0.05, 0.1) is 17.6 Å². The largest absolute Gasteiger partial charge is 0.375 e. The van der Waals surface area contributed by atoms with Gasteiger partial charge in [-0.25, -0.2) is 13.1 Å². The first-order valence-corrected chi connectivity index (χ1v) is 9.06. The molecular formula is C15H23N3O4S. The number of rotatable bonds is 5. The van der Waals surface area contributed by atoms with Gasteiger partial charge >= 0.3 is 0 Å². The first kappa shape index (κ1) is 17.9. The third-order valence-electron chi connectivity index (χ3n) is 3.42. The van der Waals surface area contributed by atoms with E-state index in [0.29, 0.717) is 18.8 Å². The van der Waals surface area contributed by atoms with Gasteiger partial charge in [-0.1, -0.05) is 0 Å². The lowest BCUT2D eigenvalue weighted by molar-refractivity contribution is -0.123. The Balaban J connectivity index is 2.04. The van der Waals surface area contributed by atoms with Crippen LogP contribution in [0.1, 0.15) is 20.8 Å². The minimum atomic E-state index is -3.53. The van der Waals surface area contributed by atoms with Crippen molar-refractivity contribution in [3.05, 3.63) is 24.3 Å². The maximum atomic E-state index is 12.2. The minimum Gasteiger partial charge on any atom is -0.375 e. The quantitative estimate of drug-likeness (QED) is 0.732. The SMILES string of the molecule is CC(C)NS(=O)(=O)c1ccc(NC(=O)[C@H]2NCCO[C@@H]2C)cc1. The molecule has 2 rings (SSSR count). The average Bonchev–Trinajstić information content (AvgIpc) is 2.47. The fourth-order valence-corrected chi connectivity index (χ4v) is 3.59. The van der Waals surface area contributed by atoms with E-state index in [9.17, 15) is 13.2 Å². The zero-order valence-electron chi connectivity index (χ0n) is 13.5. The van der Waals surface area contributed by atoms with Crippen LogP contribution in [0.4, 0.5) is 5.69 Å². The van der Waals surface area contributed by atoms with Crippen molar-refractivity contribution < 1.29 is 17.9 Å². The Bertz CT molecular complexity index is 643. The second-order valence-electron chi connectivity index (χ2n) is 5.80. The van der Waals surface area contributed by atoms with Gasteiger partial charge in [0.2, 0.25) is 15.9 Å². The fourth-order valence-electron chi connectivity index (χ4n) is 2.34. The number of morpholine rings is 1. The van der Waals surface area contributed by atoms with Crippen LogP contribution in [0, 0.1) is 0 Å². The van der Waals surface area contributed by atoms with Gasteiger partial charge in [0.25, 0.3) is 0 Å². The van der Waals surface area contributed by atoms with Gasteiger partial charge in [-0.2, -0.15) is 0 Å². The summed E-state index contributed by atoms with van der Waals surface area (Å²) in [6.45, 7) is 6.56. The molecule has 1 aliphatic heterocycles. The molecule has 3 N–H and O–H groups in total. The minimum absolute atomic E-state index is 0.164. The molecule has 7 nitrogen and oxygen atoms in total. The smallest absolute Gasteiger partial charge is 0.244 e. The van der Waals surface area contributed by atoms with Crippen LogP contribution in [0.3, 0.4) is 0 Å². The third kappa shape index (κ3) is 4.74. The van der Waals surface area contributed by atoms with Gasteiger partial charge in [-0.05, 0) is 45.0 Å². The van der Waals surface area contributed by atoms with E-state index >= 15 is 0 Å². The van der Waals surface area contributed by atoms with Crippen LogP contribution in [-0.4, -0.2) is 45.7 Å². The monoisotopic (exact) mass is 341 g/mol. The second kappa shape index (κ2) is 7.39. The van der Waals surface area contributed by atoms with Crippen LogP contribution in [0.25, 0.3) is 0 Å². The van der Waals surface area contributed by atoms with E-state index in [4.69, 9.17) is 4.74 Å². The average molecular weight is 341 g/mol. The molecule has 0 aromatic heterocycles. The number of hydrogen-bond donors (Lipinski definition) is 3. The van der Waals surface area contributed by atoms with E-state index in [1.807, 2.05) is 6.92 Å². The number of hydrogen-bond acceptors (Lipinski definition) is 5. The summed E-state index contributed by atoms with van der Waals surface area (Å²) >= 11 is 0. The molecule has 1 amide bonds. The zero-order chi connectivity index (χ0) is 17.0. The lowest BCUT2D eigenvalue weighted by atomic mass is 10.1. The number of nitrogens with one attached hydrogen (secondary N) is 3. The van der Waals surface area contributed by atoms with Gasteiger partial charge in [-0.15, -0.1) is 0 Å². The van der Waals surface area contributed by atoms with E-state index in [1.54, 1.807) is 26.0 Å². The third-order valence-corrected chi connectivity index (χ3v) is 5.10. The Morgan fingerprint density at radius 3 is 2.52 bits per heavy atom. The summed E-state index contributed by atoms with van der Waals surface area (Å²) in [6, 6.07) is 5.47. The molecule has 0 aliphatic carbocycles. The molecule has 1 saturated heterocycles. The van der Waals surface area contributed by atoms with Gasteiger partial charge < -0.3 is 15.4 Å². The zero-order valence-corrected chi connectivity index (χ0v) is 14.3. The fraction of sp³-hybridized carbons (Fsp3) is 0.533. The molecule has 0 radical (unpaired) electrons. The Morgan fingerprint density at radius 2 is 1.96 bits per heavy atom. The summed E-state index contributed by atoms with van der Waals surface area (Å²) in [5, 5.41) is 5.87. The Kier molecular flexibility index (Phi) is 5.74. The van der Waals surface area contributed by atoms with Crippen molar-refractivity contribution in [2.45, 2.75) is 43.9 Å². The summed E-state index contributed by atoms with van der Waals surface area (Å²) in [6.07, 6.45) is -0.210. The molecule has 1 heterocycles. The van der Waals surface area contributed by atoms with Crippen LogP contribution < -0.4 is 15.4 Å². The van der Waals surface area contributed by atoms with Crippen LogP contribution >= 0.6 is 0 Å². The topological polar surface area (TPSA) is 96.5 Å². The van der Waals surface area contributed by atoms with E-state index in [-0.39, 0.29) is 22.9 Å². The van der Waals surface area contributed by atoms with E-state index < -0.39 is 16.1 Å². The molecule has 8 heteroatoms. The van der Waals surface area contributed by atoms with Crippen molar-refractivity contribution in [1.82, 2.24) is 10.0 Å². The maximum Gasteiger partial charge on any atom is 0.244 e. The Morgan fingerprint density at radius 1 is 1.30 bits per heavy atom. The molecule has 1 aromatic carbocycles. The highest BCUT2D eigenvalue weighted by molar-refractivity contribution is 7.89. The Labute approximate surface area is 136 Å². The molecule has 1 aromatic rings. The molecule has 2 atom stereocenters. The number of benzene rings is 1. The van der Waals surface area contributed by atoms with Crippen LogP contribution in [0.15, 0.2) is 29.2 Å². The van der Waals surface area contributed by atoms with Crippen molar-refractivity contribution >= 4 is 21.6 Å². The Hall–Kier alpha value is -1.48. The number of ether oxygens (including phenoxy) is 1. The molecule has 0 saturated carbocycles.